The predicted octanol–water partition coefficient (Wildman–Crippen LogP) is 6.94. The van der Waals surface area contributed by atoms with E-state index in [2.05, 4.69) is 93.1 Å². The maximum atomic E-state index is 4.61. The monoisotopic (exact) mass is 372 g/mol. The smallest absolute Gasteiger partial charge is 0.116 e. The van der Waals surface area contributed by atoms with Crippen LogP contribution in [-0.4, -0.2) is 9.97 Å². The van der Waals surface area contributed by atoms with Crippen LogP contribution in [0.4, 0.5) is 0 Å². The average Bonchev–Trinajstić information content (AvgIpc) is 3.04. The maximum absolute atomic E-state index is 4.61. The summed E-state index contributed by atoms with van der Waals surface area (Å²) in [6.45, 7) is 11.0. The van der Waals surface area contributed by atoms with Crippen LogP contribution in [-0.2, 0) is 5.41 Å². The van der Waals surface area contributed by atoms with E-state index in [0.29, 0.717) is 0 Å². The molecule has 4 aromatic rings. The Kier molecular flexibility index (Phi) is 4.35. The molecule has 2 aromatic heterocycles. The number of hydrogen-bond acceptors (Lipinski definition) is 3. The molecule has 0 atom stereocenters. The molecule has 0 fully saturated rings. The molecule has 0 unspecified atom stereocenters. The van der Waals surface area contributed by atoms with E-state index in [1.165, 1.54) is 27.1 Å². The number of nitrogens with zero attached hydrogens (tertiary/aromatic N) is 2. The maximum Gasteiger partial charge on any atom is 0.116 e. The van der Waals surface area contributed by atoms with Crippen molar-refractivity contribution in [1.29, 1.82) is 0 Å². The third-order valence-corrected chi connectivity index (χ3v) is 6.02. The molecule has 2 heterocycles. The highest BCUT2D eigenvalue weighted by Gasteiger charge is 2.15. The molecule has 0 spiro atoms. The van der Waals surface area contributed by atoms with Gasteiger partial charge < -0.3 is 0 Å². The molecule has 0 aliphatic rings. The SMILES string of the molecule is Cc1cc(C)cc(-c2ncnc3cc(-c4ccc(C(C)(C)C)cc4)sc23)c1. The van der Waals surface area contributed by atoms with Crippen molar-refractivity contribution in [2.24, 2.45) is 0 Å². The second-order valence-corrected chi connectivity index (χ2v) is 9.30. The lowest BCUT2D eigenvalue weighted by atomic mass is 9.86. The zero-order valence-corrected chi connectivity index (χ0v) is 17.3. The zero-order chi connectivity index (χ0) is 19.2. The van der Waals surface area contributed by atoms with Gasteiger partial charge in [0.25, 0.3) is 0 Å². The molecule has 4 rings (SSSR count). The van der Waals surface area contributed by atoms with Gasteiger partial charge in [-0.25, -0.2) is 9.97 Å². The predicted molar refractivity (Wildman–Crippen MR) is 116 cm³/mol. The van der Waals surface area contributed by atoms with Crippen LogP contribution in [0.3, 0.4) is 0 Å². The molecule has 27 heavy (non-hydrogen) atoms. The third-order valence-electron chi connectivity index (χ3n) is 4.84. The lowest BCUT2D eigenvalue weighted by Gasteiger charge is -2.18. The van der Waals surface area contributed by atoms with Crippen molar-refractivity contribution in [3.8, 4) is 21.7 Å². The summed E-state index contributed by atoms with van der Waals surface area (Å²) in [5.41, 5.74) is 8.46. The van der Waals surface area contributed by atoms with E-state index in [1.54, 1.807) is 17.7 Å². The fraction of sp³-hybridized carbons (Fsp3) is 0.250. The summed E-state index contributed by atoms with van der Waals surface area (Å²) in [6.07, 6.45) is 1.68. The van der Waals surface area contributed by atoms with E-state index in [-0.39, 0.29) is 5.41 Å². The molecule has 136 valence electrons. The van der Waals surface area contributed by atoms with Gasteiger partial charge in [-0.1, -0.05) is 62.2 Å². The van der Waals surface area contributed by atoms with Gasteiger partial charge in [0, 0.05) is 10.4 Å². The Balaban J connectivity index is 1.81. The number of rotatable bonds is 2. The standard InChI is InChI=1S/C24H24N2S/c1-15-10-16(2)12-18(11-15)22-23-20(25-14-26-22)13-21(27-23)17-6-8-19(9-7-17)24(3,4)5/h6-14H,1-5H3. The van der Waals surface area contributed by atoms with Crippen molar-refractivity contribution in [3.63, 3.8) is 0 Å². The Bertz CT molecular complexity index is 1100. The molecular formula is C24H24N2S. The van der Waals surface area contributed by atoms with Gasteiger partial charge in [0.2, 0.25) is 0 Å². The number of benzene rings is 2. The molecule has 0 N–H and O–H groups in total. The lowest BCUT2D eigenvalue weighted by Crippen LogP contribution is -2.10. The highest BCUT2D eigenvalue weighted by atomic mass is 32.1. The molecule has 0 bridgehead atoms. The minimum atomic E-state index is 0.167. The van der Waals surface area contributed by atoms with E-state index in [1.807, 2.05) is 0 Å². The first kappa shape index (κ1) is 17.9. The molecule has 0 saturated carbocycles. The largest absolute Gasteiger partial charge is 0.235 e. The molecule has 0 radical (unpaired) electrons. The van der Waals surface area contributed by atoms with Crippen molar-refractivity contribution in [2.75, 3.05) is 0 Å². The second kappa shape index (κ2) is 6.58. The Morgan fingerprint density at radius 3 is 2.07 bits per heavy atom. The Morgan fingerprint density at radius 2 is 1.44 bits per heavy atom. The van der Waals surface area contributed by atoms with Crippen LogP contribution in [0, 0.1) is 13.8 Å². The Labute approximate surface area is 164 Å². The van der Waals surface area contributed by atoms with Crippen molar-refractivity contribution in [1.82, 2.24) is 9.97 Å². The van der Waals surface area contributed by atoms with Crippen LogP contribution >= 0.6 is 11.3 Å². The summed E-state index contributed by atoms with van der Waals surface area (Å²) in [5, 5.41) is 0. The van der Waals surface area contributed by atoms with E-state index in [4.69, 9.17) is 0 Å². The van der Waals surface area contributed by atoms with Crippen molar-refractivity contribution in [3.05, 3.63) is 71.5 Å². The molecule has 0 saturated heterocycles. The minimum Gasteiger partial charge on any atom is -0.235 e. The zero-order valence-electron chi connectivity index (χ0n) is 16.5. The number of hydrogen-bond donors (Lipinski definition) is 0. The fourth-order valence-electron chi connectivity index (χ4n) is 3.45. The van der Waals surface area contributed by atoms with Crippen LogP contribution in [0.25, 0.3) is 31.9 Å². The summed E-state index contributed by atoms with van der Waals surface area (Å²) in [6, 6.07) is 17.7. The van der Waals surface area contributed by atoms with Crippen LogP contribution in [0.5, 0.6) is 0 Å². The lowest BCUT2D eigenvalue weighted by molar-refractivity contribution is 0.590. The van der Waals surface area contributed by atoms with Gasteiger partial charge >= 0.3 is 0 Å². The molecule has 3 heteroatoms. The van der Waals surface area contributed by atoms with Gasteiger partial charge in [-0.3, -0.25) is 0 Å². The van der Waals surface area contributed by atoms with Crippen molar-refractivity contribution >= 4 is 21.6 Å². The minimum absolute atomic E-state index is 0.167. The fourth-order valence-corrected chi connectivity index (χ4v) is 4.58. The molecule has 2 aromatic carbocycles. The van der Waals surface area contributed by atoms with Gasteiger partial charge in [0.15, 0.2) is 0 Å². The first-order valence-corrected chi connectivity index (χ1v) is 10.1. The van der Waals surface area contributed by atoms with Gasteiger partial charge in [-0.15, -0.1) is 11.3 Å². The van der Waals surface area contributed by atoms with E-state index in [9.17, 15) is 0 Å². The van der Waals surface area contributed by atoms with Crippen LogP contribution in [0.2, 0.25) is 0 Å². The summed E-state index contributed by atoms with van der Waals surface area (Å²) < 4.78 is 1.15. The number of aryl methyl sites for hydroxylation is 2. The Hall–Kier alpha value is -2.52. The molecule has 0 amide bonds. The summed E-state index contributed by atoms with van der Waals surface area (Å²) in [7, 11) is 0. The average molecular weight is 373 g/mol. The number of aromatic nitrogens is 2. The molecular weight excluding hydrogens is 348 g/mol. The van der Waals surface area contributed by atoms with Crippen molar-refractivity contribution < 1.29 is 0 Å². The highest BCUT2D eigenvalue weighted by Crippen LogP contribution is 2.38. The number of fused-ring (bicyclic) bond motifs is 1. The summed E-state index contributed by atoms with van der Waals surface area (Å²) in [4.78, 5) is 10.4. The second-order valence-electron chi connectivity index (χ2n) is 8.25. The third kappa shape index (κ3) is 3.52. The van der Waals surface area contributed by atoms with Crippen LogP contribution < -0.4 is 0 Å². The molecule has 0 aliphatic heterocycles. The van der Waals surface area contributed by atoms with E-state index < -0.39 is 0 Å². The Morgan fingerprint density at radius 1 is 0.778 bits per heavy atom. The normalized spacial score (nSPS) is 11.9. The van der Waals surface area contributed by atoms with Gasteiger partial charge in [0.05, 0.1) is 15.9 Å². The van der Waals surface area contributed by atoms with Crippen LogP contribution in [0.1, 0.15) is 37.5 Å². The highest BCUT2D eigenvalue weighted by molar-refractivity contribution is 7.22. The van der Waals surface area contributed by atoms with Crippen LogP contribution in [0.15, 0.2) is 54.9 Å². The first-order chi connectivity index (χ1) is 12.8. The summed E-state index contributed by atoms with van der Waals surface area (Å²) >= 11 is 1.77. The van der Waals surface area contributed by atoms with E-state index in [0.717, 1.165) is 21.5 Å². The van der Waals surface area contributed by atoms with Crippen molar-refractivity contribution in [2.45, 2.75) is 40.0 Å². The van der Waals surface area contributed by atoms with Gasteiger partial charge in [-0.2, -0.15) is 0 Å². The summed E-state index contributed by atoms with van der Waals surface area (Å²) in [5.74, 6) is 0. The van der Waals surface area contributed by atoms with Gasteiger partial charge in [-0.05, 0) is 48.6 Å². The quantitative estimate of drug-likeness (QED) is 0.381. The van der Waals surface area contributed by atoms with E-state index >= 15 is 0 Å². The first-order valence-electron chi connectivity index (χ1n) is 9.25. The molecule has 2 nitrogen and oxygen atoms in total. The number of thiophene rings is 1. The van der Waals surface area contributed by atoms with Gasteiger partial charge in [0.1, 0.15) is 6.33 Å². The topological polar surface area (TPSA) is 25.8 Å². The molecule has 0 aliphatic carbocycles.